The van der Waals surface area contributed by atoms with Gasteiger partial charge in [0.15, 0.2) is 0 Å². The van der Waals surface area contributed by atoms with E-state index in [0.29, 0.717) is 18.0 Å². The predicted molar refractivity (Wildman–Crippen MR) is 159 cm³/mol. The molecule has 0 amide bonds. The van der Waals surface area contributed by atoms with E-state index >= 15 is 0 Å². The summed E-state index contributed by atoms with van der Waals surface area (Å²) in [5, 5.41) is 17.5. The first-order valence-electron chi connectivity index (χ1n) is 13.7. The summed E-state index contributed by atoms with van der Waals surface area (Å²) in [6.45, 7) is 13.6. The molecule has 3 aromatic carbocycles. The molecule has 0 aliphatic carbocycles. The van der Waals surface area contributed by atoms with E-state index in [1.54, 1.807) is 11.2 Å². The van der Waals surface area contributed by atoms with Gasteiger partial charge in [-0.15, -0.1) is 0 Å². The number of aryl methyl sites for hydroxylation is 4. The van der Waals surface area contributed by atoms with Gasteiger partial charge in [-0.25, -0.2) is 0 Å². The van der Waals surface area contributed by atoms with Crippen molar-refractivity contribution in [1.29, 1.82) is 0 Å². The fourth-order valence-corrected chi connectivity index (χ4v) is 4.84. The number of rotatable bonds is 10. The van der Waals surface area contributed by atoms with Crippen LogP contribution < -0.4 is 15.3 Å². The van der Waals surface area contributed by atoms with Crippen molar-refractivity contribution in [3.05, 3.63) is 94.1 Å². The quantitative estimate of drug-likeness (QED) is 0.271. The van der Waals surface area contributed by atoms with Crippen molar-refractivity contribution in [2.45, 2.75) is 67.2 Å². The number of hydrogen-bond acceptors (Lipinski definition) is 5. The molecular weight excluding hydrogens is 470 g/mol. The lowest BCUT2D eigenvalue weighted by Gasteiger charge is -2.29. The number of phenolic OH excluding ortho intramolecular Hbond substituents is 1. The minimum Gasteiger partial charge on any atom is -0.505 e. The summed E-state index contributed by atoms with van der Waals surface area (Å²) in [4.78, 5) is 0. The summed E-state index contributed by atoms with van der Waals surface area (Å²) < 4.78 is 5.92. The number of unbranched alkanes of at least 4 members (excludes halogenated alkanes) is 2. The second-order valence-corrected chi connectivity index (χ2v) is 10.8. The lowest BCUT2D eigenvalue weighted by molar-refractivity contribution is 0.301. The average Bonchev–Trinajstić information content (AvgIpc) is 2.85. The third-order valence-electron chi connectivity index (χ3n) is 6.91. The van der Waals surface area contributed by atoms with Gasteiger partial charge < -0.3 is 9.84 Å². The molecule has 38 heavy (non-hydrogen) atoms. The Hall–Kier alpha value is -3.73. The molecule has 200 valence electrons. The Morgan fingerprint density at radius 1 is 0.842 bits per heavy atom. The largest absolute Gasteiger partial charge is 0.505 e. The first-order chi connectivity index (χ1) is 18.2. The van der Waals surface area contributed by atoms with Crippen LogP contribution >= 0.6 is 0 Å². The summed E-state index contributed by atoms with van der Waals surface area (Å²) in [5.41, 5.74) is 12.6. The average molecular weight is 512 g/mol. The Labute approximate surface area is 227 Å². The number of phenols is 1. The van der Waals surface area contributed by atoms with E-state index in [9.17, 15) is 5.11 Å². The number of hydrazone groups is 1. The number of aromatic hydroxyl groups is 1. The molecule has 0 spiro atoms. The van der Waals surface area contributed by atoms with E-state index in [1.807, 2.05) is 12.1 Å². The molecule has 0 fully saturated rings. The third kappa shape index (κ3) is 6.77. The van der Waals surface area contributed by atoms with E-state index in [2.05, 4.69) is 89.4 Å². The SMILES string of the molecule is Cc1ccc(C2=CC(c3ccc(C)cc3C)=NN(c3ccc(OCCCCCC(C)C)cc3O)N2)c(C)c1. The zero-order chi connectivity index (χ0) is 27.2. The predicted octanol–water partition coefficient (Wildman–Crippen LogP) is 7.99. The van der Waals surface area contributed by atoms with Gasteiger partial charge in [0, 0.05) is 17.2 Å². The Kier molecular flexibility index (Phi) is 8.77. The summed E-state index contributed by atoms with van der Waals surface area (Å²) in [7, 11) is 0. The number of ether oxygens (including phenoxy) is 1. The van der Waals surface area contributed by atoms with Gasteiger partial charge in [-0.05, 0) is 69.4 Å². The lowest BCUT2D eigenvalue weighted by Crippen LogP contribution is -2.37. The van der Waals surface area contributed by atoms with Gasteiger partial charge in [0.25, 0.3) is 0 Å². The second kappa shape index (κ2) is 12.2. The smallest absolute Gasteiger partial charge is 0.146 e. The fourth-order valence-electron chi connectivity index (χ4n) is 4.84. The minimum absolute atomic E-state index is 0.111. The van der Waals surface area contributed by atoms with Crippen molar-refractivity contribution in [3.8, 4) is 11.5 Å². The Morgan fingerprint density at radius 3 is 2.16 bits per heavy atom. The summed E-state index contributed by atoms with van der Waals surface area (Å²) >= 11 is 0. The van der Waals surface area contributed by atoms with Gasteiger partial charge in [0.05, 0.1) is 18.0 Å². The van der Waals surface area contributed by atoms with Gasteiger partial charge in [-0.3, -0.25) is 5.43 Å². The number of benzene rings is 3. The number of hydrazine groups is 1. The van der Waals surface area contributed by atoms with Crippen LogP contribution in [0.3, 0.4) is 0 Å². The maximum Gasteiger partial charge on any atom is 0.146 e. The molecule has 2 N–H and O–H groups in total. The molecule has 5 nitrogen and oxygen atoms in total. The van der Waals surface area contributed by atoms with Crippen LogP contribution in [-0.4, -0.2) is 17.4 Å². The summed E-state index contributed by atoms with van der Waals surface area (Å²) in [5.74, 6) is 1.52. The Bertz CT molecular complexity index is 1340. The molecule has 0 radical (unpaired) electrons. The molecule has 0 unspecified atom stereocenters. The molecule has 5 heteroatoms. The maximum absolute atomic E-state index is 11.0. The number of anilines is 1. The van der Waals surface area contributed by atoms with Crippen LogP contribution in [0.25, 0.3) is 5.70 Å². The highest BCUT2D eigenvalue weighted by atomic mass is 16.5. The Balaban J connectivity index is 1.59. The zero-order valence-corrected chi connectivity index (χ0v) is 23.6. The van der Waals surface area contributed by atoms with E-state index in [-0.39, 0.29) is 5.75 Å². The van der Waals surface area contributed by atoms with Gasteiger partial charge in [-0.2, -0.15) is 10.2 Å². The van der Waals surface area contributed by atoms with Gasteiger partial charge >= 0.3 is 0 Å². The van der Waals surface area contributed by atoms with Crippen molar-refractivity contribution >= 4 is 17.1 Å². The number of hydrogen-bond donors (Lipinski definition) is 2. The monoisotopic (exact) mass is 511 g/mol. The van der Waals surface area contributed by atoms with E-state index in [1.165, 1.54) is 29.5 Å². The molecule has 0 saturated heterocycles. The van der Waals surface area contributed by atoms with Gasteiger partial charge in [0.2, 0.25) is 0 Å². The second-order valence-electron chi connectivity index (χ2n) is 10.8. The number of allylic oxidation sites excluding steroid dienone is 1. The molecule has 1 heterocycles. The first-order valence-corrected chi connectivity index (χ1v) is 13.7. The van der Waals surface area contributed by atoms with Crippen LogP contribution in [0.15, 0.2) is 65.8 Å². The summed E-state index contributed by atoms with van der Waals surface area (Å²) in [6, 6.07) is 18.2. The van der Waals surface area contributed by atoms with Crippen LogP contribution in [-0.2, 0) is 0 Å². The van der Waals surface area contributed by atoms with Crippen LogP contribution in [0.5, 0.6) is 11.5 Å². The fraction of sp³-hybridized carbons (Fsp3) is 0.364. The molecule has 1 aliphatic heterocycles. The van der Waals surface area contributed by atoms with Crippen LogP contribution in [0.2, 0.25) is 0 Å². The Morgan fingerprint density at radius 2 is 1.53 bits per heavy atom. The lowest BCUT2D eigenvalue weighted by atomic mass is 9.98. The van der Waals surface area contributed by atoms with Crippen molar-refractivity contribution in [3.63, 3.8) is 0 Å². The van der Waals surface area contributed by atoms with Gasteiger partial charge in [-0.1, -0.05) is 80.6 Å². The highest BCUT2D eigenvalue weighted by Crippen LogP contribution is 2.34. The molecule has 0 saturated carbocycles. The van der Waals surface area contributed by atoms with Crippen molar-refractivity contribution in [2.75, 3.05) is 11.7 Å². The maximum atomic E-state index is 11.0. The standard InChI is InChI=1S/C33H41N3O2/c1-22(2)10-8-7-9-17-38-27-13-16-32(33(37)20-27)36-34-30(28-14-11-23(3)18-25(28)5)21-31(35-36)29-15-12-24(4)19-26(29)6/h11-16,18-22,34,37H,7-10,17H2,1-6H3. The number of nitrogens with zero attached hydrogens (tertiary/aromatic N) is 2. The first kappa shape index (κ1) is 27.3. The van der Waals surface area contributed by atoms with Crippen molar-refractivity contribution in [2.24, 2.45) is 11.0 Å². The van der Waals surface area contributed by atoms with Crippen LogP contribution in [0, 0.1) is 33.6 Å². The molecule has 4 rings (SSSR count). The zero-order valence-electron chi connectivity index (χ0n) is 23.6. The normalized spacial score (nSPS) is 13.3. The molecule has 3 aromatic rings. The van der Waals surface area contributed by atoms with Gasteiger partial charge in [0.1, 0.15) is 17.2 Å². The molecule has 0 aromatic heterocycles. The topological polar surface area (TPSA) is 57.1 Å². The third-order valence-corrected chi connectivity index (χ3v) is 6.91. The molecule has 0 bridgehead atoms. The van der Waals surface area contributed by atoms with Crippen LogP contribution in [0.4, 0.5) is 5.69 Å². The molecule has 1 aliphatic rings. The van der Waals surface area contributed by atoms with Crippen molar-refractivity contribution in [1.82, 2.24) is 5.43 Å². The van der Waals surface area contributed by atoms with Crippen molar-refractivity contribution < 1.29 is 9.84 Å². The number of nitrogens with one attached hydrogen (secondary N) is 1. The highest BCUT2D eigenvalue weighted by Gasteiger charge is 2.21. The highest BCUT2D eigenvalue weighted by molar-refractivity contribution is 6.14. The summed E-state index contributed by atoms with van der Waals surface area (Å²) in [6.07, 6.45) is 6.73. The molecule has 0 atom stereocenters. The van der Waals surface area contributed by atoms with Crippen LogP contribution in [0.1, 0.15) is 72.9 Å². The van der Waals surface area contributed by atoms with E-state index < -0.39 is 0 Å². The van der Waals surface area contributed by atoms with E-state index in [0.717, 1.165) is 46.9 Å². The molecular formula is C33H41N3O2. The van der Waals surface area contributed by atoms with E-state index in [4.69, 9.17) is 9.84 Å². The minimum atomic E-state index is 0.111.